The van der Waals surface area contributed by atoms with E-state index in [-0.39, 0.29) is 36.3 Å². The fourth-order valence-electron chi connectivity index (χ4n) is 3.56. The molecule has 3 atom stereocenters. The first-order valence-electron chi connectivity index (χ1n) is 9.31. The summed E-state index contributed by atoms with van der Waals surface area (Å²) in [4.78, 5) is 7.11. The standard InChI is InChI=1S/C19H29FN4O.HI/c1-3-21-19(22-11-18(25)14-4-6-15(20)7-5-14)23-16-10-13(2)24(12-16)17-8-9-17;/h4-7,13,16-18,25H,3,8-12H2,1-2H3,(H2,21,22,23);1H. The van der Waals surface area contributed by atoms with Crippen LogP contribution in [0.15, 0.2) is 29.3 Å². The Bertz CT molecular complexity index is 594. The Morgan fingerprint density at radius 1 is 1.35 bits per heavy atom. The van der Waals surface area contributed by atoms with Crippen LogP contribution in [0.5, 0.6) is 0 Å². The second kappa shape index (κ2) is 9.85. The van der Waals surface area contributed by atoms with Crippen LogP contribution in [-0.2, 0) is 0 Å². The average Bonchev–Trinajstić information content (AvgIpc) is 3.37. The Kier molecular flexibility index (Phi) is 8.09. The van der Waals surface area contributed by atoms with E-state index in [1.807, 2.05) is 6.92 Å². The Labute approximate surface area is 172 Å². The van der Waals surface area contributed by atoms with E-state index in [0.29, 0.717) is 17.6 Å². The van der Waals surface area contributed by atoms with Gasteiger partial charge in [0.15, 0.2) is 5.96 Å². The molecule has 0 bridgehead atoms. The molecule has 1 aliphatic carbocycles. The van der Waals surface area contributed by atoms with Crippen LogP contribution in [0.2, 0.25) is 0 Å². The third kappa shape index (κ3) is 5.79. The molecule has 7 heteroatoms. The topological polar surface area (TPSA) is 59.9 Å². The van der Waals surface area contributed by atoms with Crippen LogP contribution in [0.3, 0.4) is 0 Å². The third-order valence-electron chi connectivity index (χ3n) is 5.00. The van der Waals surface area contributed by atoms with Gasteiger partial charge < -0.3 is 15.7 Å². The molecule has 1 heterocycles. The number of hydrogen-bond donors (Lipinski definition) is 3. The highest BCUT2D eigenvalue weighted by molar-refractivity contribution is 14.0. The van der Waals surface area contributed by atoms with Crippen molar-refractivity contribution in [3.8, 4) is 0 Å². The van der Waals surface area contributed by atoms with Crippen LogP contribution in [0.1, 0.15) is 44.8 Å². The molecule has 1 saturated carbocycles. The van der Waals surface area contributed by atoms with Gasteiger partial charge in [-0.3, -0.25) is 9.89 Å². The van der Waals surface area contributed by atoms with Gasteiger partial charge in [0.2, 0.25) is 0 Å². The molecule has 3 rings (SSSR count). The van der Waals surface area contributed by atoms with Gasteiger partial charge in [-0.15, -0.1) is 24.0 Å². The number of guanidine groups is 1. The van der Waals surface area contributed by atoms with Crippen LogP contribution >= 0.6 is 24.0 Å². The fourth-order valence-corrected chi connectivity index (χ4v) is 3.56. The smallest absolute Gasteiger partial charge is 0.191 e. The van der Waals surface area contributed by atoms with Crippen molar-refractivity contribution in [1.29, 1.82) is 0 Å². The zero-order valence-electron chi connectivity index (χ0n) is 15.5. The molecule has 5 nitrogen and oxygen atoms in total. The zero-order valence-corrected chi connectivity index (χ0v) is 17.8. The number of rotatable bonds is 6. The molecular formula is C19H30FIN4O. The highest BCUT2D eigenvalue weighted by Crippen LogP contribution is 2.33. The van der Waals surface area contributed by atoms with Crippen molar-refractivity contribution >= 4 is 29.9 Å². The summed E-state index contributed by atoms with van der Waals surface area (Å²) in [6, 6.07) is 7.69. The Morgan fingerprint density at radius 3 is 2.65 bits per heavy atom. The van der Waals surface area contributed by atoms with Crippen molar-refractivity contribution in [3.05, 3.63) is 35.6 Å². The molecule has 0 spiro atoms. The van der Waals surface area contributed by atoms with Crippen molar-refractivity contribution in [2.75, 3.05) is 19.6 Å². The molecule has 2 aliphatic rings. The summed E-state index contributed by atoms with van der Waals surface area (Å²) in [5.41, 5.74) is 0.676. The summed E-state index contributed by atoms with van der Waals surface area (Å²) >= 11 is 0. The monoisotopic (exact) mass is 476 g/mol. The maximum absolute atomic E-state index is 13.0. The van der Waals surface area contributed by atoms with Gasteiger partial charge >= 0.3 is 0 Å². The van der Waals surface area contributed by atoms with Gasteiger partial charge in [-0.25, -0.2) is 4.39 Å². The predicted octanol–water partition coefficient (Wildman–Crippen LogP) is 2.66. The van der Waals surface area contributed by atoms with Crippen LogP contribution in [0.4, 0.5) is 4.39 Å². The maximum Gasteiger partial charge on any atom is 0.191 e. The van der Waals surface area contributed by atoms with E-state index >= 15 is 0 Å². The number of hydrogen-bond acceptors (Lipinski definition) is 3. The van der Waals surface area contributed by atoms with Gasteiger partial charge in [-0.05, 0) is 50.8 Å². The first kappa shape index (κ1) is 21.4. The molecule has 146 valence electrons. The number of likely N-dealkylation sites (tertiary alicyclic amines) is 1. The van der Waals surface area contributed by atoms with Crippen LogP contribution in [0, 0.1) is 5.82 Å². The summed E-state index contributed by atoms with van der Waals surface area (Å²) < 4.78 is 13.0. The minimum atomic E-state index is -0.735. The van der Waals surface area contributed by atoms with E-state index in [1.165, 1.54) is 25.0 Å². The molecule has 2 fully saturated rings. The second-order valence-electron chi connectivity index (χ2n) is 7.14. The van der Waals surface area contributed by atoms with E-state index in [4.69, 9.17) is 0 Å². The molecule has 3 unspecified atom stereocenters. The molecule has 3 N–H and O–H groups in total. The molecule has 1 aromatic carbocycles. The van der Waals surface area contributed by atoms with Crippen molar-refractivity contribution in [3.63, 3.8) is 0 Å². The van der Waals surface area contributed by atoms with Crippen molar-refractivity contribution in [2.45, 2.75) is 57.3 Å². The molecule has 26 heavy (non-hydrogen) atoms. The molecule has 1 aliphatic heterocycles. The largest absolute Gasteiger partial charge is 0.386 e. The van der Waals surface area contributed by atoms with Gasteiger partial charge in [-0.1, -0.05) is 12.1 Å². The number of aliphatic hydroxyl groups is 1. The van der Waals surface area contributed by atoms with E-state index in [2.05, 4.69) is 27.4 Å². The first-order valence-corrected chi connectivity index (χ1v) is 9.31. The normalized spacial score (nSPS) is 24.8. The summed E-state index contributed by atoms with van der Waals surface area (Å²) in [6.45, 7) is 6.39. The minimum absolute atomic E-state index is 0. The number of benzene rings is 1. The van der Waals surface area contributed by atoms with Crippen molar-refractivity contribution in [2.24, 2.45) is 4.99 Å². The Hall–Kier alpha value is -0.930. The van der Waals surface area contributed by atoms with Gasteiger partial charge in [0.05, 0.1) is 12.6 Å². The lowest BCUT2D eigenvalue weighted by atomic mass is 10.1. The average molecular weight is 476 g/mol. The van der Waals surface area contributed by atoms with E-state index in [0.717, 1.165) is 31.5 Å². The molecule has 0 aromatic heterocycles. The van der Waals surface area contributed by atoms with Gasteiger partial charge in [0.1, 0.15) is 5.82 Å². The number of nitrogens with zero attached hydrogens (tertiary/aromatic N) is 2. The number of nitrogens with one attached hydrogen (secondary N) is 2. The van der Waals surface area contributed by atoms with E-state index in [9.17, 15) is 9.50 Å². The Balaban J connectivity index is 0.00000243. The highest BCUT2D eigenvalue weighted by Gasteiger charge is 2.38. The fraction of sp³-hybridized carbons (Fsp3) is 0.632. The SMILES string of the molecule is CCNC(=NCC(O)c1ccc(F)cc1)NC1CC(C)N(C2CC2)C1.I. The summed E-state index contributed by atoms with van der Waals surface area (Å²) in [5, 5.41) is 17.0. The molecule has 1 saturated heterocycles. The minimum Gasteiger partial charge on any atom is -0.386 e. The zero-order chi connectivity index (χ0) is 17.8. The summed E-state index contributed by atoms with van der Waals surface area (Å²) in [7, 11) is 0. The lowest BCUT2D eigenvalue weighted by Crippen LogP contribution is -2.45. The molecule has 0 radical (unpaired) electrons. The van der Waals surface area contributed by atoms with E-state index < -0.39 is 6.10 Å². The second-order valence-corrected chi connectivity index (χ2v) is 7.14. The third-order valence-corrected chi connectivity index (χ3v) is 5.00. The Morgan fingerprint density at radius 2 is 2.04 bits per heavy atom. The molecular weight excluding hydrogens is 446 g/mol. The summed E-state index contributed by atoms with van der Waals surface area (Å²) in [5.74, 6) is 0.434. The van der Waals surface area contributed by atoms with Crippen LogP contribution in [0.25, 0.3) is 0 Å². The summed E-state index contributed by atoms with van der Waals surface area (Å²) in [6.07, 6.45) is 3.03. The van der Waals surface area contributed by atoms with Crippen molar-refractivity contribution < 1.29 is 9.50 Å². The maximum atomic E-state index is 13.0. The predicted molar refractivity (Wildman–Crippen MR) is 113 cm³/mol. The molecule has 0 amide bonds. The lowest BCUT2D eigenvalue weighted by Gasteiger charge is -2.20. The number of halogens is 2. The van der Waals surface area contributed by atoms with Gasteiger partial charge in [0, 0.05) is 31.2 Å². The quantitative estimate of drug-likeness (QED) is 0.336. The van der Waals surface area contributed by atoms with Gasteiger partial charge in [-0.2, -0.15) is 0 Å². The first-order chi connectivity index (χ1) is 12.1. The highest BCUT2D eigenvalue weighted by atomic mass is 127. The number of aliphatic hydroxyl groups excluding tert-OH is 1. The van der Waals surface area contributed by atoms with Crippen LogP contribution < -0.4 is 10.6 Å². The lowest BCUT2D eigenvalue weighted by molar-refractivity contribution is 0.187. The van der Waals surface area contributed by atoms with Crippen molar-refractivity contribution in [1.82, 2.24) is 15.5 Å². The van der Waals surface area contributed by atoms with Gasteiger partial charge in [0.25, 0.3) is 0 Å². The number of aliphatic imine (C=N–C) groups is 1. The molecule has 1 aromatic rings. The van der Waals surface area contributed by atoms with E-state index in [1.54, 1.807) is 12.1 Å². The van der Waals surface area contributed by atoms with Crippen LogP contribution in [-0.4, -0.2) is 53.7 Å².